The Hall–Kier alpha value is -4.76. The maximum absolute atomic E-state index is 15.7. The van der Waals surface area contributed by atoms with E-state index in [1.54, 1.807) is 4.90 Å². The van der Waals surface area contributed by atoms with Crippen molar-refractivity contribution in [2.75, 3.05) is 43.6 Å². The zero-order chi connectivity index (χ0) is 31.3. The number of ether oxygens (including phenoxy) is 2. The van der Waals surface area contributed by atoms with E-state index in [9.17, 15) is 23.9 Å². The lowest BCUT2D eigenvalue weighted by Crippen LogP contribution is -2.37. The van der Waals surface area contributed by atoms with E-state index in [1.807, 2.05) is 0 Å². The molecule has 1 aromatic carbocycles. The van der Waals surface area contributed by atoms with Gasteiger partial charge in [-0.15, -0.1) is 0 Å². The Morgan fingerprint density at radius 1 is 1.18 bits per heavy atom. The molecule has 0 unspecified atom stereocenters. The molecule has 0 aliphatic carbocycles. The molecular formula is C28H26ClF2N7O6. The van der Waals surface area contributed by atoms with Crippen LogP contribution in [0.25, 0.3) is 22.2 Å². The van der Waals surface area contributed by atoms with Crippen molar-refractivity contribution >= 4 is 46.0 Å². The lowest BCUT2D eigenvalue weighted by Gasteiger charge is -2.28. The highest BCUT2D eigenvalue weighted by molar-refractivity contribution is 6.33. The Kier molecular flexibility index (Phi) is 7.59. The Balaban J connectivity index is 1.44. The summed E-state index contributed by atoms with van der Waals surface area (Å²) in [7, 11) is 1.10. The lowest BCUT2D eigenvalue weighted by molar-refractivity contribution is -0.116. The lowest BCUT2D eigenvalue weighted by atomic mass is 10.0. The van der Waals surface area contributed by atoms with Gasteiger partial charge in [-0.3, -0.25) is 19.0 Å². The number of rotatable bonds is 7. The zero-order valence-electron chi connectivity index (χ0n) is 23.3. The number of benzene rings is 1. The average Bonchev–Trinajstić information content (AvgIpc) is 3.61. The number of amides is 2. The van der Waals surface area contributed by atoms with Gasteiger partial charge in [-0.1, -0.05) is 11.6 Å². The summed E-state index contributed by atoms with van der Waals surface area (Å²) in [5.41, 5.74) is 4.29. The molecular weight excluding hydrogens is 604 g/mol. The molecule has 0 saturated carbocycles. The molecule has 6 rings (SSSR count). The van der Waals surface area contributed by atoms with Crippen LogP contribution in [0.4, 0.5) is 20.3 Å². The van der Waals surface area contributed by atoms with E-state index in [-0.39, 0.29) is 38.7 Å². The summed E-state index contributed by atoms with van der Waals surface area (Å²) in [6, 6.07) is 2.47. The standard InChI is InChI=1S/C28H26ClF2N7O6/c1-43-24-22(30)13(9-14(23(24)40)26(32)41)15-11-37(27-20(15)28(42)38-4-2-3-17(38)35-27)12-19(39)33-16-10-18(34-25(31)21(16)29)36-5-7-44-8-6-36/h9-11,40H,2-8,12H2,1H3,(H2,32,41)(H,33,34,39). The molecule has 2 aliphatic heterocycles. The first-order valence-electron chi connectivity index (χ1n) is 13.6. The van der Waals surface area contributed by atoms with E-state index in [0.717, 1.165) is 13.2 Å². The fourth-order valence-corrected chi connectivity index (χ4v) is 5.67. The Morgan fingerprint density at radius 3 is 2.64 bits per heavy atom. The molecule has 44 heavy (non-hydrogen) atoms. The first-order valence-corrected chi connectivity index (χ1v) is 14.0. The van der Waals surface area contributed by atoms with E-state index >= 15 is 4.39 Å². The number of nitrogens with zero attached hydrogens (tertiary/aromatic N) is 5. The third-order valence-electron chi connectivity index (χ3n) is 7.62. The number of nitrogens with two attached hydrogens (primary N) is 1. The summed E-state index contributed by atoms with van der Waals surface area (Å²) in [6.45, 7) is 1.78. The fraction of sp³-hybridized carbons (Fsp3) is 0.321. The zero-order valence-corrected chi connectivity index (χ0v) is 24.1. The van der Waals surface area contributed by atoms with E-state index < -0.39 is 52.7 Å². The average molecular weight is 630 g/mol. The van der Waals surface area contributed by atoms with Gasteiger partial charge >= 0.3 is 0 Å². The minimum absolute atomic E-state index is 0.00612. The van der Waals surface area contributed by atoms with E-state index in [4.69, 9.17) is 26.8 Å². The molecule has 16 heteroatoms. The molecule has 4 aromatic rings. The Bertz CT molecular complexity index is 1900. The van der Waals surface area contributed by atoms with Crippen LogP contribution in [0.3, 0.4) is 0 Å². The number of primary amides is 1. The van der Waals surface area contributed by atoms with Gasteiger partial charge in [0.25, 0.3) is 11.5 Å². The molecule has 1 saturated heterocycles. The number of phenols is 1. The van der Waals surface area contributed by atoms with Crippen LogP contribution in [0.5, 0.6) is 11.5 Å². The molecule has 0 atom stereocenters. The molecule has 5 heterocycles. The number of aryl methyl sites for hydroxylation is 1. The number of hydrogen-bond acceptors (Lipinski definition) is 9. The van der Waals surface area contributed by atoms with Gasteiger partial charge in [-0.25, -0.2) is 14.4 Å². The highest BCUT2D eigenvalue weighted by Gasteiger charge is 2.28. The number of methoxy groups -OCH3 is 1. The number of aromatic hydroxyl groups is 1. The predicted molar refractivity (Wildman–Crippen MR) is 155 cm³/mol. The first kappa shape index (κ1) is 29.3. The van der Waals surface area contributed by atoms with Crippen molar-refractivity contribution in [3.05, 3.63) is 56.9 Å². The summed E-state index contributed by atoms with van der Waals surface area (Å²) >= 11 is 6.14. The van der Waals surface area contributed by atoms with Crippen LogP contribution in [0.2, 0.25) is 5.02 Å². The predicted octanol–water partition coefficient (Wildman–Crippen LogP) is 2.43. The van der Waals surface area contributed by atoms with Gasteiger partial charge in [-0.05, 0) is 12.5 Å². The van der Waals surface area contributed by atoms with Gasteiger partial charge < -0.3 is 35.1 Å². The second-order valence-corrected chi connectivity index (χ2v) is 10.6. The van der Waals surface area contributed by atoms with Crippen molar-refractivity contribution < 1.29 is 33.0 Å². The summed E-state index contributed by atoms with van der Waals surface area (Å²) < 4.78 is 43.5. The van der Waals surface area contributed by atoms with Crippen molar-refractivity contribution in [3.63, 3.8) is 0 Å². The van der Waals surface area contributed by atoms with Crippen LogP contribution in [-0.2, 0) is 29.0 Å². The van der Waals surface area contributed by atoms with Gasteiger partial charge in [-0.2, -0.15) is 4.39 Å². The molecule has 230 valence electrons. The van der Waals surface area contributed by atoms with Crippen molar-refractivity contribution in [1.29, 1.82) is 0 Å². The van der Waals surface area contributed by atoms with Crippen LogP contribution in [0.15, 0.2) is 23.1 Å². The Labute approximate surface area is 252 Å². The highest BCUT2D eigenvalue weighted by Crippen LogP contribution is 2.41. The number of anilines is 2. The smallest absolute Gasteiger partial charge is 0.263 e. The van der Waals surface area contributed by atoms with E-state index in [1.165, 1.54) is 21.4 Å². The SMILES string of the molecule is COc1c(O)c(C(N)=O)cc(-c2cn(CC(=O)Nc3cc(N4CCOCC4)nc(F)c3Cl)c3nc4n(c(=O)c23)CCC4)c1F. The van der Waals surface area contributed by atoms with Crippen molar-refractivity contribution in [3.8, 4) is 22.6 Å². The minimum Gasteiger partial charge on any atom is -0.504 e. The van der Waals surface area contributed by atoms with Crippen LogP contribution < -0.4 is 26.2 Å². The molecule has 0 spiro atoms. The number of hydrogen-bond donors (Lipinski definition) is 3. The number of carbonyl (C=O) groups is 2. The summed E-state index contributed by atoms with van der Waals surface area (Å²) in [6.07, 6.45) is 2.51. The monoisotopic (exact) mass is 629 g/mol. The van der Waals surface area contributed by atoms with Crippen molar-refractivity contribution in [1.82, 2.24) is 19.1 Å². The van der Waals surface area contributed by atoms with Gasteiger partial charge in [0.1, 0.15) is 28.9 Å². The van der Waals surface area contributed by atoms with Crippen LogP contribution in [-0.4, -0.2) is 69.4 Å². The summed E-state index contributed by atoms with van der Waals surface area (Å²) in [5, 5.41) is 12.5. The largest absolute Gasteiger partial charge is 0.504 e. The van der Waals surface area contributed by atoms with Crippen molar-refractivity contribution in [2.45, 2.75) is 25.9 Å². The molecule has 1 fully saturated rings. The third-order valence-corrected chi connectivity index (χ3v) is 7.98. The number of morpholine rings is 1. The number of nitrogens with one attached hydrogen (secondary N) is 1. The molecule has 13 nitrogen and oxygen atoms in total. The van der Waals surface area contributed by atoms with Gasteiger partial charge in [0.15, 0.2) is 17.3 Å². The molecule has 3 aromatic heterocycles. The number of carbonyl (C=O) groups excluding carboxylic acids is 2. The second kappa shape index (κ2) is 11.4. The van der Waals surface area contributed by atoms with Gasteiger partial charge in [0, 0.05) is 49.4 Å². The summed E-state index contributed by atoms with van der Waals surface area (Å²) in [5.74, 6) is -4.41. The molecule has 4 N–H and O–H groups in total. The number of pyridine rings is 1. The van der Waals surface area contributed by atoms with Crippen molar-refractivity contribution in [2.24, 2.45) is 5.73 Å². The molecule has 2 amide bonds. The quantitative estimate of drug-likeness (QED) is 0.260. The molecule has 2 aliphatic rings. The van der Waals surface area contributed by atoms with Gasteiger partial charge in [0.2, 0.25) is 11.9 Å². The normalized spacial score (nSPS) is 14.6. The maximum Gasteiger partial charge on any atom is 0.263 e. The summed E-state index contributed by atoms with van der Waals surface area (Å²) in [4.78, 5) is 49.4. The topological polar surface area (TPSA) is 167 Å². The number of aromatic nitrogens is 4. The van der Waals surface area contributed by atoms with Crippen LogP contribution in [0, 0.1) is 11.8 Å². The number of fused-ring (bicyclic) bond motifs is 2. The van der Waals surface area contributed by atoms with Crippen LogP contribution >= 0.6 is 11.6 Å². The second-order valence-electron chi connectivity index (χ2n) is 10.3. The first-order chi connectivity index (χ1) is 21.1. The minimum atomic E-state index is -1.06. The van der Waals surface area contributed by atoms with E-state index in [0.29, 0.717) is 51.5 Å². The third kappa shape index (κ3) is 4.97. The molecule has 0 radical (unpaired) electrons. The maximum atomic E-state index is 15.7. The Morgan fingerprint density at radius 2 is 1.93 bits per heavy atom. The van der Waals surface area contributed by atoms with E-state index in [2.05, 4.69) is 15.3 Å². The van der Waals surface area contributed by atoms with Gasteiger partial charge in [0.05, 0.1) is 37.0 Å². The van der Waals surface area contributed by atoms with Crippen LogP contribution in [0.1, 0.15) is 22.6 Å². The fourth-order valence-electron chi connectivity index (χ4n) is 5.52. The highest BCUT2D eigenvalue weighted by atomic mass is 35.5. The molecule has 0 bridgehead atoms. The number of halogens is 3.